The van der Waals surface area contributed by atoms with Gasteiger partial charge in [-0.3, -0.25) is 29.4 Å². The molecular weight excluding hydrogens is 424 g/mol. The molecule has 1 aliphatic carbocycles. The largest absolute Gasteiger partial charge is 0.383 e. The predicted octanol–water partition coefficient (Wildman–Crippen LogP) is 3.52. The van der Waals surface area contributed by atoms with Gasteiger partial charge in [-0.15, -0.1) is 0 Å². The number of allylic oxidation sites excluding steroid dienone is 2. The van der Waals surface area contributed by atoms with Gasteiger partial charge < -0.3 is 10.6 Å². The van der Waals surface area contributed by atoms with Crippen LogP contribution in [-0.2, 0) is 9.59 Å². The number of amides is 3. The first-order chi connectivity index (χ1) is 15.8. The zero-order valence-corrected chi connectivity index (χ0v) is 18.1. The maximum absolute atomic E-state index is 12.9. The number of likely N-dealkylation sites (tertiary alicyclic amines) is 1. The molecule has 1 aliphatic heterocycles. The third-order valence-corrected chi connectivity index (χ3v) is 5.98. The minimum Gasteiger partial charge on any atom is -0.383 e. The van der Waals surface area contributed by atoms with Crippen LogP contribution in [-0.4, -0.2) is 40.6 Å². The van der Waals surface area contributed by atoms with E-state index in [2.05, 4.69) is 10.6 Å². The number of anilines is 2. The van der Waals surface area contributed by atoms with Gasteiger partial charge in [0.15, 0.2) is 0 Å². The summed E-state index contributed by atoms with van der Waals surface area (Å²) in [4.78, 5) is 50.1. The molecule has 1 fully saturated rings. The number of aryl methyl sites for hydroxylation is 1. The van der Waals surface area contributed by atoms with E-state index < -0.39 is 10.8 Å². The standard InChI is InChI=1S/C24H24N4O5/c1-15-5-4-6-16(13-15)26-22(29)20-14-17(28(32)33)9-10-21(20)25-11-12-27-23(30)18-7-2-3-8-19(18)24(27)31/h2-6,9-10,13-14,18-19,25H,7-8,11-12H2,1H3,(H,26,29)/t18-,19-/m1/s1. The summed E-state index contributed by atoms with van der Waals surface area (Å²) in [5.41, 5.74) is 1.80. The second-order valence-corrected chi connectivity index (χ2v) is 8.22. The van der Waals surface area contributed by atoms with Crippen LogP contribution in [0.4, 0.5) is 17.1 Å². The monoisotopic (exact) mass is 448 g/mol. The number of nitro benzene ring substituents is 1. The highest BCUT2D eigenvalue weighted by molar-refractivity contribution is 6.08. The van der Waals surface area contributed by atoms with Crippen molar-refractivity contribution in [2.45, 2.75) is 19.8 Å². The molecular formula is C24H24N4O5. The van der Waals surface area contributed by atoms with Gasteiger partial charge >= 0.3 is 0 Å². The van der Waals surface area contributed by atoms with Gasteiger partial charge in [0.1, 0.15) is 0 Å². The topological polar surface area (TPSA) is 122 Å². The van der Waals surface area contributed by atoms with Crippen molar-refractivity contribution in [2.24, 2.45) is 11.8 Å². The van der Waals surface area contributed by atoms with Crippen molar-refractivity contribution < 1.29 is 19.3 Å². The van der Waals surface area contributed by atoms with Crippen LogP contribution < -0.4 is 10.6 Å². The summed E-state index contributed by atoms with van der Waals surface area (Å²) in [5, 5.41) is 17.1. The van der Waals surface area contributed by atoms with E-state index in [-0.39, 0.29) is 48.0 Å². The molecule has 2 aliphatic rings. The number of imide groups is 1. The number of nitrogens with zero attached hydrogens (tertiary/aromatic N) is 2. The zero-order chi connectivity index (χ0) is 23.5. The molecule has 3 amide bonds. The Labute approximate surface area is 190 Å². The number of non-ortho nitro benzene ring substituents is 1. The molecule has 0 aromatic heterocycles. The van der Waals surface area contributed by atoms with Gasteiger partial charge in [-0.25, -0.2) is 0 Å². The predicted molar refractivity (Wildman–Crippen MR) is 123 cm³/mol. The van der Waals surface area contributed by atoms with Gasteiger partial charge in [0, 0.05) is 36.6 Å². The van der Waals surface area contributed by atoms with E-state index in [9.17, 15) is 24.5 Å². The maximum atomic E-state index is 12.9. The van der Waals surface area contributed by atoms with Crippen LogP contribution in [0.15, 0.2) is 54.6 Å². The lowest BCUT2D eigenvalue weighted by Gasteiger charge is -2.17. The SMILES string of the molecule is Cc1cccc(NC(=O)c2cc([N+](=O)[O-])ccc2NCCN2C(=O)[C@@H]3CC=CC[C@H]3C2=O)c1. The molecule has 1 saturated heterocycles. The number of fused-ring (bicyclic) bond motifs is 1. The van der Waals surface area contributed by atoms with Crippen molar-refractivity contribution in [2.75, 3.05) is 23.7 Å². The number of hydrogen-bond acceptors (Lipinski definition) is 6. The minimum atomic E-state index is -0.565. The number of nitro groups is 1. The van der Waals surface area contributed by atoms with Gasteiger partial charge in [0.05, 0.1) is 22.3 Å². The van der Waals surface area contributed by atoms with E-state index >= 15 is 0 Å². The molecule has 1 heterocycles. The third kappa shape index (κ3) is 4.62. The fraction of sp³-hybridized carbons (Fsp3) is 0.292. The number of rotatable bonds is 7. The quantitative estimate of drug-likeness (QED) is 0.289. The molecule has 0 unspecified atom stereocenters. The van der Waals surface area contributed by atoms with Crippen molar-refractivity contribution in [3.05, 3.63) is 75.9 Å². The molecule has 2 N–H and O–H groups in total. The lowest BCUT2D eigenvalue weighted by molar-refractivity contribution is -0.384. The molecule has 170 valence electrons. The lowest BCUT2D eigenvalue weighted by Crippen LogP contribution is -2.35. The molecule has 33 heavy (non-hydrogen) atoms. The molecule has 0 saturated carbocycles. The molecule has 9 nitrogen and oxygen atoms in total. The molecule has 0 spiro atoms. The first-order valence-electron chi connectivity index (χ1n) is 10.8. The van der Waals surface area contributed by atoms with E-state index in [1.54, 1.807) is 18.2 Å². The van der Waals surface area contributed by atoms with Gasteiger partial charge in [-0.2, -0.15) is 0 Å². The summed E-state index contributed by atoms with van der Waals surface area (Å²) in [6.45, 7) is 2.26. The smallest absolute Gasteiger partial charge is 0.270 e. The average Bonchev–Trinajstić information content (AvgIpc) is 3.04. The molecule has 9 heteroatoms. The Morgan fingerprint density at radius 2 is 1.79 bits per heavy atom. The normalized spacial score (nSPS) is 19.4. The molecule has 0 radical (unpaired) electrons. The lowest BCUT2D eigenvalue weighted by atomic mass is 9.85. The Morgan fingerprint density at radius 1 is 1.09 bits per heavy atom. The van der Waals surface area contributed by atoms with Gasteiger partial charge in [-0.05, 0) is 43.5 Å². The Balaban J connectivity index is 1.48. The first-order valence-corrected chi connectivity index (χ1v) is 10.8. The van der Waals surface area contributed by atoms with Crippen LogP contribution >= 0.6 is 0 Å². The summed E-state index contributed by atoms with van der Waals surface area (Å²) in [5.74, 6) is -1.43. The molecule has 2 atom stereocenters. The highest BCUT2D eigenvalue weighted by Gasteiger charge is 2.46. The second kappa shape index (κ2) is 9.23. The van der Waals surface area contributed by atoms with Crippen molar-refractivity contribution in [1.29, 1.82) is 0 Å². The van der Waals surface area contributed by atoms with E-state index in [0.29, 0.717) is 24.2 Å². The number of carbonyl (C=O) groups is 3. The Hall–Kier alpha value is -4.01. The fourth-order valence-corrected chi connectivity index (χ4v) is 4.30. The summed E-state index contributed by atoms with van der Waals surface area (Å²) in [6, 6.07) is 11.2. The van der Waals surface area contributed by atoms with Crippen molar-refractivity contribution in [1.82, 2.24) is 4.90 Å². The number of hydrogen-bond donors (Lipinski definition) is 2. The van der Waals surface area contributed by atoms with Gasteiger partial charge in [-0.1, -0.05) is 24.3 Å². The van der Waals surface area contributed by atoms with Crippen molar-refractivity contribution >= 4 is 34.8 Å². The highest BCUT2D eigenvalue weighted by atomic mass is 16.6. The van der Waals surface area contributed by atoms with Crippen molar-refractivity contribution in [3.63, 3.8) is 0 Å². The summed E-state index contributed by atoms with van der Waals surface area (Å²) in [7, 11) is 0. The molecule has 2 aromatic carbocycles. The fourth-order valence-electron chi connectivity index (χ4n) is 4.30. The van der Waals surface area contributed by atoms with Gasteiger partial charge in [0.2, 0.25) is 11.8 Å². The molecule has 2 aromatic rings. The molecule has 4 rings (SSSR count). The second-order valence-electron chi connectivity index (χ2n) is 8.22. The third-order valence-electron chi connectivity index (χ3n) is 5.98. The maximum Gasteiger partial charge on any atom is 0.270 e. The van der Waals surface area contributed by atoms with Crippen molar-refractivity contribution in [3.8, 4) is 0 Å². The molecule has 0 bridgehead atoms. The Morgan fingerprint density at radius 3 is 2.42 bits per heavy atom. The van der Waals surface area contributed by atoms with E-state index in [0.717, 1.165) is 5.56 Å². The average molecular weight is 448 g/mol. The van der Waals surface area contributed by atoms with E-state index in [1.165, 1.54) is 23.1 Å². The number of benzene rings is 2. The van der Waals surface area contributed by atoms with Crippen LogP contribution in [0.2, 0.25) is 0 Å². The van der Waals surface area contributed by atoms with Crippen LogP contribution in [0.1, 0.15) is 28.8 Å². The first kappa shape index (κ1) is 22.2. The van der Waals surface area contributed by atoms with Crippen LogP contribution in [0.5, 0.6) is 0 Å². The van der Waals surface area contributed by atoms with E-state index in [1.807, 2.05) is 25.1 Å². The van der Waals surface area contributed by atoms with Crippen LogP contribution in [0.25, 0.3) is 0 Å². The number of nitrogens with one attached hydrogen (secondary N) is 2. The summed E-state index contributed by atoms with van der Waals surface area (Å²) in [6.07, 6.45) is 5.02. The Bertz CT molecular complexity index is 1130. The van der Waals surface area contributed by atoms with E-state index in [4.69, 9.17) is 0 Å². The van der Waals surface area contributed by atoms with Crippen LogP contribution in [0.3, 0.4) is 0 Å². The summed E-state index contributed by atoms with van der Waals surface area (Å²) >= 11 is 0. The summed E-state index contributed by atoms with van der Waals surface area (Å²) < 4.78 is 0. The van der Waals surface area contributed by atoms with Gasteiger partial charge in [0.25, 0.3) is 11.6 Å². The zero-order valence-electron chi connectivity index (χ0n) is 18.1. The highest BCUT2D eigenvalue weighted by Crippen LogP contribution is 2.35. The number of carbonyl (C=O) groups excluding carboxylic acids is 3. The minimum absolute atomic E-state index is 0.0997. The van der Waals surface area contributed by atoms with Crippen LogP contribution in [0, 0.1) is 28.9 Å². The Kier molecular flexibility index (Phi) is 6.21.